The summed E-state index contributed by atoms with van der Waals surface area (Å²) in [7, 11) is 1.82. The van der Waals surface area contributed by atoms with Crippen LogP contribution in [0.15, 0.2) is 46.3 Å². The normalized spacial score (nSPS) is 11.2. The van der Waals surface area contributed by atoms with Crippen LogP contribution in [0.3, 0.4) is 0 Å². The minimum Gasteiger partial charge on any atom is -0.345 e. The van der Waals surface area contributed by atoms with Gasteiger partial charge in [0.05, 0.1) is 16.7 Å². The van der Waals surface area contributed by atoms with E-state index >= 15 is 0 Å². The highest BCUT2D eigenvalue weighted by molar-refractivity contribution is 7.99. The molecule has 5 nitrogen and oxygen atoms in total. The Labute approximate surface area is 163 Å². The molecule has 27 heavy (non-hydrogen) atoms. The molecule has 1 aromatic heterocycles. The second kappa shape index (κ2) is 8.57. The van der Waals surface area contributed by atoms with Gasteiger partial charge in [0.2, 0.25) is 5.91 Å². The van der Waals surface area contributed by atoms with E-state index in [1.165, 1.54) is 11.8 Å². The van der Waals surface area contributed by atoms with Gasteiger partial charge < -0.3 is 4.90 Å². The highest BCUT2D eigenvalue weighted by atomic mass is 32.2. The Hall–Kier alpha value is -2.34. The first-order valence-corrected chi connectivity index (χ1v) is 10.3. The van der Waals surface area contributed by atoms with Crippen molar-refractivity contribution < 1.29 is 4.79 Å². The minimum atomic E-state index is -0.0532. The monoisotopic (exact) mass is 383 g/mol. The SMILES string of the molecule is CCCCN(C)C(=O)CSc1nc2cc3ccccc3cc2c(=O)n1CC. The summed E-state index contributed by atoms with van der Waals surface area (Å²) in [5.74, 6) is 0.343. The Balaban J connectivity index is 1.94. The van der Waals surface area contributed by atoms with Gasteiger partial charge >= 0.3 is 0 Å². The van der Waals surface area contributed by atoms with Crippen molar-refractivity contribution in [3.8, 4) is 0 Å². The van der Waals surface area contributed by atoms with Gasteiger partial charge in [-0.15, -0.1) is 0 Å². The molecule has 142 valence electrons. The maximum atomic E-state index is 13.0. The molecule has 0 saturated heterocycles. The van der Waals surface area contributed by atoms with Gasteiger partial charge in [-0.05, 0) is 36.2 Å². The summed E-state index contributed by atoms with van der Waals surface area (Å²) in [6.07, 6.45) is 2.05. The molecule has 0 unspecified atom stereocenters. The van der Waals surface area contributed by atoms with Crippen LogP contribution in [0.4, 0.5) is 0 Å². The molecule has 0 atom stereocenters. The summed E-state index contributed by atoms with van der Waals surface area (Å²) in [6, 6.07) is 11.8. The van der Waals surface area contributed by atoms with E-state index in [-0.39, 0.29) is 17.2 Å². The lowest BCUT2D eigenvalue weighted by atomic mass is 10.1. The van der Waals surface area contributed by atoms with Gasteiger partial charge in [0, 0.05) is 20.1 Å². The van der Waals surface area contributed by atoms with Crippen molar-refractivity contribution in [3.63, 3.8) is 0 Å². The number of nitrogens with zero attached hydrogens (tertiary/aromatic N) is 3. The van der Waals surface area contributed by atoms with Gasteiger partial charge in [-0.2, -0.15) is 0 Å². The van der Waals surface area contributed by atoms with E-state index < -0.39 is 0 Å². The predicted octanol–water partition coefficient (Wildman–Crippen LogP) is 3.92. The molecule has 3 aromatic rings. The summed E-state index contributed by atoms with van der Waals surface area (Å²) in [5.41, 5.74) is 0.625. The van der Waals surface area contributed by atoms with Crippen LogP contribution in [0.1, 0.15) is 26.7 Å². The Morgan fingerprint density at radius 3 is 2.56 bits per heavy atom. The van der Waals surface area contributed by atoms with E-state index in [0.29, 0.717) is 22.6 Å². The number of aromatic nitrogens is 2. The molecule has 0 spiro atoms. The molecule has 2 aromatic carbocycles. The summed E-state index contributed by atoms with van der Waals surface area (Å²) >= 11 is 1.34. The molecule has 0 aliphatic rings. The number of carbonyl (C=O) groups excluding carboxylic acids is 1. The molecule has 1 heterocycles. The third kappa shape index (κ3) is 4.16. The zero-order chi connectivity index (χ0) is 19.4. The van der Waals surface area contributed by atoms with Crippen LogP contribution in [0.25, 0.3) is 21.7 Å². The fourth-order valence-electron chi connectivity index (χ4n) is 3.03. The maximum Gasteiger partial charge on any atom is 0.262 e. The number of fused-ring (bicyclic) bond motifs is 2. The number of hydrogen-bond acceptors (Lipinski definition) is 4. The third-order valence-corrected chi connectivity index (χ3v) is 5.66. The van der Waals surface area contributed by atoms with Gasteiger partial charge in [0.25, 0.3) is 5.56 Å². The van der Waals surface area contributed by atoms with E-state index in [1.807, 2.05) is 50.4 Å². The Bertz CT molecular complexity index is 1030. The average molecular weight is 384 g/mol. The van der Waals surface area contributed by atoms with E-state index in [2.05, 4.69) is 6.92 Å². The number of carbonyl (C=O) groups is 1. The van der Waals surface area contributed by atoms with E-state index in [0.717, 1.165) is 30.2 Å². The molecule has 0 fully saturated rings. The van der Waals surface area contributed by atoms with E-state index in [1.54, 1.807) is 9.47 Å². The van der Waals surface area contributed by atoms with Gasteiger partial charge in [-0.1, -0.05) is 49.4 Å². The van der Waals surface area contributed by atoms with Crippen molar-refractivity contribution in [2.45, 2.75) is 38.4 Å². The van der Waals surface area contributed by atoms with Crippen molar-refractivity contribution >= 4 is 39.3 Å². The van der Waals surface area contributed by atoms with Crippen molar-refractivity contribution in [2.24, 2.45) is 0 Å². The average Bonchev–Trinajstić information content (AvgIpc) is 2.69. The highest BCUT2D eigenvalue weighted by Crippen LogP contribution is 2.23. The number of rotatable bonds is 7. The van der Waals surface area contributed by atoms with Gasteiger partial charge in [0.15, 0.2) is 5.16 Å². The van der Waals surface area contributed by atoms with Crippen molar-refractivity contribution in [2.75, 3.05) is 19.3 Å². The fourth-order valence-corrected chi connectivity index (χ4v) is 4.04. The number of benzene rings is 2. The maximum absolute atomic E-state index is 13.0. The zero-order valence-electron chi connectivity index (χ0n) is 16.1. The van der Waals surface area contributed by atoms with Gasteiger partial charge in [0.1, 0.15) is 0 Å². The zero-order valence-corrected chi connectivity index (χ0v) is 16.9. The first kappa shape index (κ1) is 19.4. The topological polar surface area (TPSA) is 55.2 Å². The molecule has 3 rings (SSSR count). The molecular weight excluding hydrogens is 358 g/mol. The van der Waals surface area contributed by atoms with Crippen LogP contribution >= 0.6 is 11.8 Å². The van der Waals surface area contributed by atoms with Crippen LogP contribution in [0.5, 0.6) is 0 Å². The Kier molecular flexibility index (Phi) is 6.16. The lowest BCUT2D eigenvalue weighted by Gasteiger charge is -2.17. The number of unbranched alkanes of at least 4 members (excludes halogenated alkanes) is 1. The molecule has 1 amide bonds. The number of amides is 1. The summed E-state index contributed by atoms with van der Waals surface area (Å²) < 4.78 is 1.65. The predicted molar refractivity (Wildman–Crippen MR) is 112 cm³/mol. The van der Waals surface area contributed by atoms with Crippen LogP contribution in [-0.4, -0.2) is 39.7 Å². The largest absolute Gasteiger partial charge is 0.345 e. The molecule has 0 radical (unpaired) electrons. The summed E-state index contributed by atoms with van der Waals surface area (Å²) in [4.78, 5) is 31.7. The van der Waals surface area contributed by atoms with Crippen molar-refractivity contribution in [1.29, 1.82) is 0 Å². The van der Waals surface area contributed by atoms with Crippen LogP contribution in [0, 0.1) is 0 Å². The van der Waals surface area contributed by atoms with Crippen molar-refractivity contribution in [3.05, 3.63) is 46.8 Å². The smallest absolute Gasteiger partial charge is 0.262 e. The van der Waals surface area contributed by atoms with Gasteiger partial charge in [-0.25, -0.2) is 4.98 Å². The highest BCUT2D eigenvalue weighted by Gasteiger charge is 2.15. The minimum absolute atomic E-state index is 0.0532. The second-order valence-electron chi connectivity index (χ2n) is 6.62. The molecule has 0 aliphatic heterocycles. The third-order valence-electron chi connectivity index (χ3n) is 4.70. The van der Waals surface area contributed by atoms with Crippen molar-refractivity contribution in [1.82, 2.24) is 14.5 Å². The summed E-state index contributed by atoms with van der Waals surface area (Å²) in [6.45, 7) is 5.31. The molecule has 0 N–H and O–H groups in total. The molecular formula is C21H25N3O2S. The molecule has 0 aliphatic carbocycles. The quantitative estimate of drug-likeness (QED) is 0.352. The van der Waals surface area contributed by atoms with Crippen LogP contribution in [0.2, 0.25) is 0 Å². The standard InChI is InChI=1S/C21H25N3O2S/c1-4-6-11-23(3)19(25)14-27-21-22-18-13-16-10-8-7-9-15(16)12-17(18)20(26)24(21)5-2/h7-10,12-13H,4-6,11,14H2,1-3H3. The molecule has 0 saturated carbocycles. The molecule has 6 heteroatoms. The first-order chi connectivity index (χ1) is 13.0. The lowest BCUT2D eigenvalue weighted by Crippen LogP contribution is -2.30. The van der Waals surface area contributed by atoms with Crippen LogP contribution in [-0.2, 0) is 11.3 Å². The fraction of sp³-hybridized carbons (Fsp3) is 0.381. The first-order valence-electron chi connectivity index (χ1n) is 9.35. The summed E-state index contributed by atoms with van der Waals surface area (Å²) in [5, 5.41) is 3.30. The van der Waals surface area contributed by atoms with E-state index in [9.17, 15) is 9.59 Å². The molecule has 0 bridgehead atoms. The van der Waals surface area contributed by atoms with Crippen LogP contribution < -0.4 is 5.56 Å². The Morgan fingerprint density at radius 1 is 1.19 bits per heavy atom. The van der Waals surface area contributed by atoms with Gasteiger partial charge in [-0.3, -0.25) is 14.2 Å². The Morgan fingerprint density at radius 2 is 1.89 bits per heavy atom. The number of hydrogen-bond donors (Lipinski definition) is 0. The second-order valence-corrected chi connectivity index (χ2v) is 7.56. The lowest BCUT2D eigenvalue weighted by molar-refractivity contribution is -0.127. The van der Waals surface area contributed by atoms with E-state index in [4.69, 9.17) is 4.98 Å². The number of thioether (sulfide) groups is 1.